The van der Waals surface area contributed by atoms with Gasteiger partial charge in [0, 0.05) is 36.5 Å². The Bertz CT molecular complexity index is 1170. The largest absolute Gasteiger partial charge is 0.411 e. The molecule has 0 unspecified atom stereocenters. The molecule has 1 fully saturated rings. The van der Waals surface area contributed by atoms with Crippen molar-refractivity contribution in [2.75, 3.05) is 26.3 Å². The average Bonchev–Trinajstić information content (AvgIpc) is 3.28. The van der Waals surface area contributed by atoms with E-state index in [9.17, 15) is 18.5 Å². The molecule has 0 amide bonds. The second kappa shape index (κ2) is 9.14. The van der Waals surface area contributed by atoms with Crippen LogP contribution in [0.2, 0.25) is 0 Å². The third-order valence-corrected chi connectivity index (χ3v) is 7.39. The molecule has 2 aromatic carbocycles. The minimum absolute atomic E-state index is 0.0285. The third kappa shape index (κ3) is 4.93. The van der Waals surface area contributed by atoms with E-state index in [4.69, 9.17) is 9.15 Å². The lowest BCUT2D eigenvalue weighted by Crippen LogP contribution is -2.40. The summed E-state index contributed by atoms with van der Waals surface area (Å²) in [5, 5.41) is 19.1. The van der Waals surface area contributed by atoms with E-state index in [1.165, 1.54) is 40.3 Å². The first kappa shape index (κ1) is 21.4. The van der Waals surface area contributed by atoms with Crippen LogP contribution in [0.4, 0.5) is 5.69 Å². The molecular weight excluding hydrogens is 444 g/mol. The summed E-state index contributed by atoms with van der Waals surface area (Å²) in [6.07, 6.45) is 0. The summed E-state index contributed by atoms with van der Waals surface area (Å²) >= 11 is 1.29. The molecule has 0 N–H and O–H groups in total. The van der Waals surface area contributed by atoms with Crippen molar-refractivity contribution in [1.29, 1.82) is 0 Å². The molecule has 12 heteroatoms. The first-order chi connectivity index (χ1) is 14.9. The number of nitro benzene ring substituents is 1. The summed E-state index contributed by atoms with van der Waals surface area (Å²) in [6, 6.07) is 12.6. The molecule has 1 aliphatic rings. The van der Waals surface area contributed by atoms with Crippen LogP contribution < -0.4 is 0 Å². The van der Waals surface area contributed by atoms with Crippen LogP contribution in [0.15, 0.2) is 63.1 Å². The highest BCUT2D eigenvalue weighted by Gasteiger charge is 2.27. The van der Waals surface area contributed by atoms with Gasteiger partial charge in [0.15, 0.2) is 0 Å². The molecular formula is C19H18N4O6S2. The van der Waals surface area contributed by atoms with Gasteiger partial charge in [0.2, 0.25) is 15.9 Å². The number of benzene rings is 2. The van der Waals surface area contributed by atoms with Gasteiger partial charge in [-0.15, -0.1) is 10.2 Å². The average molecular weight is 463 g/mol. The maximum atomic E-state index is 12.9. The van der Waals surface area contributed by atoms with E-state index < -0.39 is 14.9 Å². The molecule has 31 heavy (non-hydrogen) atoms. The number of hydrogen-bond donors (Lipinski definition) is 0. The van der Waals surface area contributed by atoms with Gasteiger partial charge in [-0.1, -0.05) is 30.0 Å². The summed E-state index contributed by atoms with van der Waals surface area (Å²) in [4.78, 5) is 10.4. The molecule has 0 spiro atoms. The Labute approximate surface area is 182 Å². The maximum absolute atomic E-state index is 12.9. The van der Waals surface area contributed by atoms with Crippen molar-refractivity contribution in [2.45, 2.75) is 15.9 Å². The second-order valence-corrected chi connectivity index (χ2v) is 9.49. The van der Waals surface area contributed by atoms with Crippen LogP contribution in [0.25, 0.3) is 11.5 Å². The lowest BCUT2D eigenvalue weighted by molar-refractivity contribution is -0.384. The molecule has 10 nitrogen and oxygen atoms in total. The number of morpholine rings is 1. The van der Waals surface area contributed by atoms with Gasteiger partial charge < -0.3 is 9.15 Å². The van der Waals surface area contributed by atoms with Crippen LogP contribution in [0.5, 0.6) is 0 Å². The molecule has 3 aromatic rings. The van der Waals surface area contributed by atoms with Crippen LogP contribution >= 0.6 is 11.8 Å². The number of hydrogen-bond acceptors (Lipinski definition) is 9. The number of nitrogens with zero attached hydrogens (tertiary/aromatic N) is 4. The Morgan fingerprint density at radius 3 is 2.55 bits per heavy atom. The normalized spacial score (nSPS) is 15.1. The zero-order chi connectivity index (χ0) is 21.8. The van der Waals surface area contributed by atoms with Crippen LogP contribution in [0.1, 0.15) is 5.56 Å². The number of ether oxygens (including phenoxy) is 1. The lowest BCUT2D eigenvalue weighted by atomic mass is 10.2. The third-order valence-electron chi connectivity index (χ3n) is 4.60. The fourth-order valence-electron chi connectivity index (χ4n) is 2.97. The van der Waals surface area contributed by atoms with Crippen LogP contribution in [-0.2, 0) is 20.5 Å². The number of thioether (sulfide) groups is 1. The Kier molecular flexibility index (Phi) is 6.32. The first-order valence-corrected chi connectivity index (χ1v) is 11.7. The molecule has 162 valence electrons. The van der Waals surface area contributed by atoms with Crippen molar-refractivity contribution in [3.05, 3.63) is 64.2 Å². The van der Waals surface area contributed by atoms with E-state index in [0.29, 0.717) is 42.8 Å². The van der Waals surface area contributed by atoms with E-state index in [0.717, 1.165) is 5.56 Å². The van der Waals surface area contributed by atoms with Crippen LogP contribution in [0, 0.1) is 10.1 Å². The predicted molar refractivity (Wildman–Crippen MR) is 112 cm³/mol. The summed E-state index contributed by atoms with van der Waals surface area (Å²) in [7, 11) is -3.63. The summed E-state index contributed by atoms with van der Waals surface area (Å²) in [5.41, 5.74) is 1.40. The van der Waals surface area contributed by atoms with Crippen molar-refractivity contribution >= 4 is 27.5 Å². The van der Waals surface area contributed by atoms with Gasteiger partial charge in [-0.05, 0) is 23.8 Å². The molecule has 0 saturated carbocycles. The highest BCUT2D eigenvalue weighted by atomic mass is 32.2. The minimum Gasteiger partial charge on any atom is -0.411 e. The highest BCUT2D eigenvalue weighted by molar-refractivity contribution is 7.98. The van der Waals surface area contributed by atoms with Gasteiger partial charge in [-0.25, -0.2) is 8.42 Å². The van der Waals surface area contributed by atoms with E-state index in [1.807, 2.05) is 0 Å². The fourth-order valence-corrected chi connectivity index (χ4v) is 5.14. The molecule has 0 aliphatic carbocycles. The predicted octanol–water partition coefficient (Wildman–Crippen LogP) is 2.96. The molecule has 1 aliphatic heterocycles. The summed E-state index contributed by atoms with van der Waals surface area (Å²) < 4.78 is 38.0. The standard InChI is InChI=1S/C19H18N4O6S2/c24-23(25)16-6-4-14(5-7-16)13-30-19-21-20-18(29-19)15-2-1-3-17(12-15)31(26,27)22-8-10-28-11-9-22/h1-7,12H,8-11,13H2. The maximum Gasteiger partial charge on any atom is 0.277 e. The van der Waals surface area contributed by atoms with Crippen molar-refractivity contribution in [3.63, 3.8) is 0 Å². The zero-order valence-electron chi connectivity index (χ0n) is 16.2. The van der Waals surface area contributed by atoms with Crippen LogP contribution in [-0.4, -0.2) is 54.1 Å². The Hall–Kier alpha value is -2.80. The number of aromatic nitrogens is 2. The van der Waals surface area contributed by atoms with Crippen molar-refractivity contribution in [3.8, 4) is 11.5 Å². The SMILES string of the molecule is O=[N+]([O-])c1ccc(CSc2nnc(-c3cccc(S(=O)(=O)N4CCOCC4)c3)o2)cc1. The number of sulfonamides is 1. The van der Waals surface area contributed by atoms with Crippen LogP contribution in [0.3, 0.4) is 0 Å². The van der Waals surface area contributed by atoms with Crippen molar-refractivity contribution in [1.82, 2.24) is 14.5 Å². The van der Waals surface area contributed by atoms with E-state index in [1.54, 1.807) is 24.3 Å². The van der Waals surface area contributed by atoms with Crippen molar-refractivity contribution < 1.29 is 22.5 Å². The highest BCUT2D eigenvalue weighted by Crippen LogP contribution is 2.28. The van der Waals surface area contributed by atoms with Gasteiger partial charge in [0.25, 0.3) is 10.9 Å². The van der Waals surface area contributed by atoms with Gasteiger partial charge in [0.05, 0.1) is 23.0 Å². The molecule has 0 atom stereocenters. The van der Waals surface area contributed by atoms with Gasteiger partial charge in [0.1, 0.15) is 0 Å². The fraction of sp³-hybridized carbons (Fsp3) is 0.263. The molecule has 0 radical (unpaired) electrons. The Balaban J connectivity index is 1.46. The molecule has 1 aromatic heterocycles. The molecule has 4 rings (SSSR count). The van der Waals surface area contributed by atoms with Gasteiger partial charge >= 0.3 is 0 Å². The number of non-ortho nitro benzene ring substituents is 1. The zero-order valence-corrected chi connectivity index (χ0v) is 17.8. The first-order valence-electron chi connectivity index (χ1n) is 9.31. The van der Waals surface area contributed by atoms with E-state index in [2.05, 4.69) is 10.2 Å². The van der Waals surface area contributed by atoms with E-state index >= 15 is 0 Å². The monoisotopic (exact) mass is 462 g/mol. The smallest absolute Gasteiger partial charge is 0.277 e. The number of rotatable bonds is 7. The number of nitro groups is 1. The van der Waals surface area contributed by atoms with Crippen molar-refractivity contribution in [2.24, 2.45) is 0 Å². The Morgan fingerprint density at radius 2 is 1.84 bits per heavy atom. The second-order valence-electron chi connectivity index (χ2n) is 6.63. The summed E-state index contributed by atoms with van der Waals surface area (Å²) in [5.74, 6) is 0.704. The van der Waals surface area contributed by atoms with Gasteiger partial charge in [-0.2, -0.15) is 4.31 Å². The lowest BCUT2D eigenvalue weighted by Gasteiger charge is -2.26. The Morgan fingerprint density at radius 1 is 1.10 bits per heavy atom. The molecule has 2 heterocycles. The molecule has 1 saturated heterocycles. The summed E-state index contributed by atoms with van der Waals surface area (Å²) in [6.45, 7) is 1.38. The quantitative estimate of drug-likeness (QED) is 0.295. The molecule has 0 bridgehead atoms. The minimum atomic E-state index is -3.63. The topological polar surface area (TPSA) is 129 Å². The van der Waals surface area contributed by atoms with E-state index in [-0.39, 0.29) is 16.5 Å². The van der Waals surface area contributed by atoms with Gasteiger partial charge in [-0.3, -0.25) is 10.1 Å².